The lowest BCUT2D eigenvalue weighted by Gasteiger charge is -2.08. The van der Waals surface area contributed by atoms with Gasteiger partial charge in [0.1, 0.15) is 0 Å². The Morgan fingerprint density at radius 2 is 2.33 bits per heavy atom. The van der Waals surface area contributed by atoms with Gasteiger partial charge in [-0.1, -0.05) is 6.07 Å². The molecule has 0 radical (unpaired) electrons. The van der Waals surface area contributed by atoms with Gasteiger partial charge in [-0.3, -0.25) is 0 Å². The lowest BCUT2D eigenvalue weighted by atomic mass is 10.1. The topological polar surface area (TPSA) is 35.2 Å². The number of methoxy groups -OCH3 is 1. The van der Waals surface area contributed by atoms with E-state index in [0.717, 1.165) is 18.5 Å². The number of aryl methyl sites for hydroxylation is 1. The van der Waals surface area contributed by atoms with Crippen molar-refractivity contribution in [1.82, 2.24) is 0 Å². The molecule has 0 saturated heterocycles. The zero-order chi connectivity index (χ0) is 8.55. The number of nitrogen functional groups attached to an aromatic ring is 1. The average molecular weight is 163 g/mol. The zero-order valence-electron chi connectivity index (χ0n) is 7.21. The maximum atomic E-state index is 5.69. The molecule has 1 atom stereocenters. The van der Waals surface area contributed by atoms with Crippen molar-refractivity contribution in [2.24, 2.45) is 0 Å². The van der Waals surface area contributed by atoms with Gasteiger partial charge in [0.15, 0.2) is 0 Å². The van der Waals surface area contributed by atoms with Crippen LogP contribution in [-0.4, -0.2) is 7.11 Å². The van der Waals surface area contributed by atoms with Gasteiger partial charge in [-0.05, 0) is 36.1 Å². The highest BCUT2D eigenvalue weighted by Crippen LogP contribution is 2.34. The highest BCUT2D eigenvalue weighted by molar-refractivity contribution is 5.47. The summed E-state index contributed by atoms with van der Waals surface area (Å²) in [6.07, 6.45) is 2.48. The number of fused-ring (bicyclic) bond motifs is 1. The quantitative estimate of drug-likeness (QED) is 0.642. The molecule has 1 unspecified atom stereocenters. The Morgan fingerprint density at radius 3 is 3.08 bits per heavy atom. The minimum Gasteiger partial charge on any atom is -0.399 e. The molecule has 64 valence electrons. The molecule has 0 bridgehead atoms. The maximum Gasteiger partial charge on any atom is 0.0827 e. The SMILES string of the molecule is COC1CCc2ccc(N)cc21. The van der Waals surface area contributed by atoms with Gasteiger partial charge in [0.25, 0.3) is 0 Å². The van der Waals surface area contributed by atoms with E-state index in [4.69, 9.17) is 10.5 Å². The Morgan fingerprint density at radius 1 is 1.50 bits per heavy atom. The van der Waals surface area contributed by atoms with Gasteiger partial charge in [0.2, 0.25) is 0 Å². The molecule has 0 saturated carbocycles. The Labute approximate surface area is 72.3 Å². The molecule has 2 rings (SSSR count). The van der Waals surface area contributed by atoms with Gasteiger partial charge in [0, 0.05) is 12.8 Å². The lowest BCUT2D eigenvalue weighted by molar-refractivity contribution is 0.105. The van der Waals surface area contributed by atoms with Crippen molar-refractivity contribution in [2.45, 2.75) is 18.9 Å². The molecule has 1 aromatic rings. The summed E-state index contributed by atoms with van der Waals surface area (Å²) < 4.78 is 5.34. The fraction of sp³-hybridized carbons (Fsp3) is 0.400. The van der Waals surface area contributed by atoms with Crippen molar-refractivity contribution in [3.63, 3.8) is 0 Å². The summed E-state index contributed by atoms with van der Waals surface area (Å²) in [5.74, 6) is 0. The molecule has 0 spiro atoms. The first-order chi connectivity index (χ1) is 5.81. The fourth-order valence-electron chi connectivity index (χ4n) is 1.83. The number of hydrogen-bond donors (Lipinski definition) is 1. The summed E-state index contributed by atoms with van der Waals surface area (Å²) in [7, 11) is 1.75. The van der Waals surface area contributed by atoms with Crippen molar-refractivity contribution in [2.75, 3.05) is 12.8 Å². The van der Waals surface area contributed by atoms with Crippen molar-refractivity contribution in [3.8, 4) is 0 Å². The predicted octanol–water partition coefficient (Wildman–Crippen LogP) is 1.90. The van der Waals surface area contributed by atoms with E-state index in [2.05, 4.69) is 6.07 Å². The van der Waals surface area contributed by atoms with Crippen molar-refractivity contribution in [3.05, 3.63) is 29.3 Å². The third-order valence-electron chi connectivity index (χ3n) is 2.48. The number of anilines is 1. The predicted molar refractivity (Wildman–Crippen MR) is 48.9 cm³/mol. The number of ether oxygens (including phenoxy) is 1. The summed E-state index contributed by atoms with van der Waals surface area (Å²) in [5, 5.41) is 0. The Hall–Kier alpha value is -1.02. The van der Waals surface area contributed by atoms with Crippen LogP contribution in [0.5, 0.6) is 0 Å². The molecule has 0 fully saturated rings. The summed E-state index contributed by atoms with van der Waals surface area (Å²) in [6, 6.07) is 6.08. The molecule has 1 aromatic carbocycles. The first-order valence-electron chi connectivity index (χ1n) is 4.22. The monoisotopic (exact) mass is 163 g/mol. The summed E-state index contributed by atoms with van der Waals surface area (Å²) in [6.45, 7) is 0. The molecule has 12 heavy (non-hydrogen) atoms. The van der Waals surface area contributed by atoms with Gasteiger partial charge in [0.05, 0.1) is 6.10 Å². The van der Waals surface area contributed by atoms with Gasteiger partial charge in [-0.15, -0.1) is 0 Å². The molecule has 2 nitrogen and oxygen atoms in total. The maximum absolute atomic E-state index is 5.69. The van der Waals surface area contributed by atoms with Crippen LogP contribution in [0.1, 0.15) is 23.7 Å². The molecular formula is C10H13NO. The molecule has 1 aliphatic carbocycles. The van der Waals surface area contributed by atoms with Crippen LogP contribution in [0.2, 0.25) is 0 Å². The third-order valence-corrected chi connectivity index (χ3v) is 2.48. The van der Waals surface area contributed by atoms with Gasteiger partial charge in [-0.25, -0.2) is 0 Å². The minimum atomic E-state index is 0.267. The van der Waals surface area contributed by atoms with E-state index in [9.17, 15) is 0 Å². The van der Waals surface area contributed by atoms with E-state index in [1.807, 2.05) is 12.1 Å². The third kappa shape index (κ3) is 1.08. The summed E-state index contributed by atoms with van der Waals surface area (Å²) in [5.41, 5.74) is 9.18. The molecule has 0 aromatic heterocycles. The van der Waals surface area contributed by atoms with Crippen LogP contribution in [0.3, 0.4) is 0 Å². The van der Waals surface area contributed by atoms with Crippen molar-refractivity contribution in [1.29, 1.82) is 0 Å². The number of hydrogen-bond acceptors (Lipinski definition) is 2. The van der Waals surface area contributed by atoms with Crippen LogP contribution < -0.4 is 5.73 Å². The van der Waals surface area contributed by atoms with Crippen LogP contribution in [0.15, 0.2) is 18.2 Å². The number of rotatable bonds is 1. The zero-order valence-corrected chi connectivity index (χ0v) is 7.21. The van der Waals surface area contributed by atoms with E-state index >= 15 is 0 Å². The second kappa shape index (κ2) is 2.79. The lowest BCUT2D eigenvalue weighted by Crippen LogP contribution is -1.96. The van der Waals surface area contributed by atoms with Crippen LogP contribution in [0.25, 0.3) is 0 Å². The van der Waals surface area contributed by atoms with E-state index in [-0.39, 0.29) is 6.10 Å². The van der Waals surface area contributed by atoms with Crippen molar-refractivity contribution >= 4 is 5.69 Å². The van der Waals surface area contributed by atoms with Crippen LogP contribution in [-0.2, 0) is 11.2 Å². The van der Waals surface area contributed by atoms with Crippen molar-refractivity contribution < 1.29 is 4.74 Å². The van der Waals surface area contributed by atoms with Crippen LogP contribution >= 0.6 is 0 Å². The summed E-state index contributed by atoms with van der Waals surface area (Å²) >= 11 is 0. The molecule has 0 amide bonds. The second-order valence-corrected chi connectivity index (χ2v) is 3.22. The highest BCUT2D eigenvalue weighted by atomic mass is 16.5. The second-order valence-electron chi connectivity index (χ2n) is 3.22. The number of nitrogens with two attached hydrogens (primary N) is 1. The molecular weight excluding hydrogens is 150 g/mol. The first-order valence-corrected chi connectivity index (χ1v) is 4.22. The van der Waals surface area contributed by atoms with E-state index in [0.29, 0.717) is 0 Å². The van der Waals surface area contributed by atoms with E-state index in [1.54, 1.807) is 7.11 Å². The van der Waals surface area contributed by atoms with Crippen LogP contribution in [0.4, 0.5) is 5.69 Å². The van der Waals surface area contributed by atoms with E-state index in [1.165, 1.54) is 11.1 Å². The van der Waals surface area contributed by atoms with Gasteiger partial charge >= 0.3 is 0 Å². The molecule has 0 heterocycles. The van der Waals surface area contributed by atoms with E-state index < -0.39 is 0 Å². The van der Waals surface area contributed by atoms with Crippen LogP contribution in [0, 0.1) is 0 Å². The standard InChI is InChI=1S/C10H13NO/c1-12-10-5-3-7-2-4-8(11)6-9(7)10/h2,4,6,10H,3,5,11H2,1H3. The smallest absolute Gasteiger partial charge is 0.0827 e. The molecule has 1 aliphatic rings. The van der Waals surface area contributed by atoms with Gasteiger partial charge in [-0.2, -0.15) is 0 Å². The normalized spacial score (nSPS) is 20.9. The largest absolute Gasteiger partial charge is 0.399 e. The molecule has 2 heteroatoms. The Bertz CT molecular complexity index is 296. The Kier molecular flexibility index (Phi) is 1.77. The van der Waals surface area contributed by atoms with Gasteiger partial charge < -0.3 is 10.5 Å². The Balaban J connectivity index is 2.42. The fourth-order valence-corrected chi connectivity index (χ4v) is 1.83. The first kappa shape index (κ1) is 7.62. The highest BCUT2D eigenvalue weighted by Gasteiger charge is 2.21. The summed E-state index contributed by atoms with van der Waals surface area (Å²) in [4.78, 5) is 0. The average Bonchev–Trinajstić information content (AvgIpc) is 2.46. The minimum absolute atomic E-state index is 0.267. The number of benzene rings is 1. The molecule has 0 aliphatic heterocycles. The molecule has 2 N–H and O–H groups in total.